The number of carbonyl (C=O) groups excluding carboxylic acids is 2. The van der Waals surface area contributed by atoms with Crippen molar-refractivity contribution in [2.75, 3.05) is 11.5 Å². The van der Waals surface area contributed by atoms with Crippen LogP contribution in [0.2, 0.25) is 16.6 Å². The second-order valence-corrected chi connectivity index (χ2v) is 16.5. The quantitative estimate of drug-likeness (QED) is 0.394. The SMILES string of the molecule is CCOC(=O)N1c2ccccc2C(=O)[C@@H]2[C@@H]3CCCC3=C(O[Si](C(C)C)(C(C)C)C(C)C)C[C@@H]21. The number of nitrogens with zero attached hydrogens (tertiary/aromatic N) is 1. The Balaban J connectivity index is 1.83. The minimum atomic E-state index is -2.16. The van der Waals surface area contributed by atoms with Crippen molar-refractivity contribution < 1.29 is 18.8 Å². The maximum Gasteiger partial charge on any atom is 0.414 e. The molecule has 186 valence electrons. The number of carbonyl (C=O) groups is 2. The summed E-state index contributed by atoms with van der Waals surface area (Å²) in [7, 11) is -2.16. The molecule has 0 N–H and O–H groups in total. The molecule has 0 bridgehead atoms. The third-order valence-corrected chi connectivity index (χ3v) is 14.6. The van der Waals surface area contributed by atoms with Gasteiger partial charge in [0.1, 0.15) is 0 Å². The zero-order chi connectivity index (χ0) is 24.8. The Hall–Kier alpha value is -2.08. The van der Waals surface area contributed by atoms with E-state index in [2.05, 4.69) is 41.5 Å². The molecule has 0 saturated heterocycles. The van der Waals surface area contributed by atoms with Gasteiger partial charge in [-0.3, -0.25) is 9.69 Å². The van der Waals surface area contributed by atoms with E-state index < -0.39 is 8.32 Å². The molecule has 34 heavy (non-hydrogen) atoms. The first-order valence-electron chi connectivity index (χ1n) is 13.1. The fraction of sp³-hybridized carbons (Fsp3) is 0.643. The van der Waals surface area contributed by atoms with Crippen LogP contribution in [-0.2, 0) is 9.16 Å². The maximum atomic E-state index is 13.8. The standard InChI is InChI=1S/C28H41NO4Si/c1-8-32-28(31)29-23-15-10-9-12-22(23)27(30)26-21-14-11-13-20(21)25(16-24(26)29)33-34(17(2)3,18(4)5)19(6)7/h9-10,12,15,17-19,21,24,26H,8,11,13-14,16H2,1-7H3/t21-,24+,26-/m1/s1. The number of ketones is 1. The van der Waals surface area contributed by atoms with Crippen LogP contribution in [0.15, 0.2) is 35.6 Å². The van der Waals surface area contributed by atoms with Crippen LogP contribution in [0.3, 0.4) is 0 Å². The van der Waals surface area contributed by atoms with Gasteiger partial charge in [0.15, 0.2) is 5.78 Å². The summed E-state index contributed by atoms with van der Waals surface area (Å²) in [5.74, 6) is 1.17. The molecule has 2 aliphatic carbocycles. The predicted octanol–water partition coefficient (Wildman–Crippen LogP) is 7.48. The molecular weight excluding hydrogens is 442 g/mol. The number of hydrogen-bond donors (Lipinski definition) is 0. The third kappa shape index (κ3) is 3.82. The van der Waals surface area contributed by atoms with Crippen molar-refractivity contribution in [2.45, 2.75) is 96.8 Å². The summed E-state index contributed by atoms with van der Waals surface area (Å²) in [6.07, 6.45) is 3.28. The van der Waals surface area contributed by atoms with Gasteiger partial charge in [-0.15, -0.1) is 0 Å². The van der Waals surface area contributed by atoms with E-state index in [4.69, 9.17) is 9.16 Å². The molecule has 0 aromatic heterocycles. The monoisotopic (exact) mass is 483 g/mol. The molecule has 1 fully saturated rings. The molecule has 4 rings (SSSR count). The molecule has 1 aliphatic heterocycles. The van der Waals surface area contributed by atoms with Gasteiger partial charge < -0.3 is 9.16 Å². The molecule has 3 atom stereocenters. The van der Waals surface area contributed by atoms with Crippen LogP contribution in [0.25, 0.3) is 0 Å². The zero-order valence-corrected chi connectivity index (χ0v) is 22.9. The highest BCUT2D eigenvalue weighted by molar-refractivity contribution is 6.77. The summed E-state index contributed by atoms with van der Waals surface area (Å²) >= 11 is 0. The minimum absolute atomic E-state index is 0.143. The van der Waals surface area contributed by atoms with Crippen LogP contribution >= 0.6 is 0 Å². The summed E-state index contributed by atoms with van der Waals surface area (Å²) in [6.45, 7) is 16.0. The topological polar surface area (TPSA) is 55.8 Å². The van der Waals surface area contributed by atoms with Crippen molar-refractivity contribution in [3.63, 3.8) is 0 Å². The summed E-state index contributed by atoms with van der Waals surface area (Å²) in [4.78, 5) is 28.8. The Bertz CT molecular complexity index is 961. The normalized spacial score (nSPS) is 24.5. The van der Waals surface area contributed by atoms with E-state index >= 15 is 0 Å². The van der Waals surface area contributed by atoms with Crippen LogP contribution < -0.4 is 4.90 Å². The van der Waals surface area contributed by atoms with Gasteiger partial charge in [-0.25, -0.2) is 4.79 Å². The van der Waals surface area contributed by atoms with Crippen LogP contribution in [0.5, 0.6) is 0 Å². The molecule has 0 radical (unpaired) electrons. The average Bonchev–Trinajstić information content (AvgIpc) is 3.27. The van der Waals surface area contributed by atoms with Crippen LogP contribution in [-0.4, -0.2) is 32.8 Å². The van der Waals surface area contributed by atoms with E-state index in [1.165, 1.54) is 5.57 Å². The molecule has 1 aromatic carbocycles. The highest BCUT2D eigenvalue weighted by Gasteiger charge is 2.54. The molecule has 0 spiro atoms. The molecule has 0 unspecified atom stereocenters. The van der Waals surface area contributed by atoms with E-state index in [9.17, 15) is 9.59 Å². The lowest BCUT2D eigenvalue weighted by Crippen LogP contribution is -2.56. The molecule has 3 aliphatic rings. The molecule has 1 amide bonds. The highest BCUT2D eigenvalue weighted by Crippen LogP contribution is 2.53. The summed E-state index contributed by atoms with van der Waals surface area (Å²) in [5, 5.41) is 0. The number of benzene rings is 1. The fourth-order valence-electron chi connectivity index (χ4n) is 7.29. The highest BCUT2D eigenvalue weighted by atomic mass is 28.4. The predicted molar refractivity (Wildman–Crippen MR) is 139 cm³/mol. The number of Topliss-reactive ketones (excluding diaryl/α,β-unsaturated/α-hetero) is 1. The molecular formula is C28H41NO4Si. The molecule has 6 heteroatoms. The van der Waals surface area contributed by atoms with Crippen LogP contribution in [0.1, 0.15) is 84.5 Å². The van der Waals surface area contributed by atoms with Gasteiger partial charge in [-0.2, -0.15) is 0 Å². The van der Waals surface area contributed by atoms with Gasteiger partial charge in [0.2, 0.25) is 0 Å². The number of amides is 1. The van der Waals surface area contributed by atoms with Crippen molar-refractivity contribution in [1.29, 1.82) is 0 Å². The first kappa shape index (κ1) is 25.0. The zero-order valence-electron chi connectivity index (χ0n) is 21.9. The van der Waals surface area contributed by atoms with Gasteiger partial charge in [0.25, 0.3) is 8.32 Å². The van der Waals surface area contributed by atoms with Gasteiger partial charge >= 0.3 is 6.09 Å². The van der Waals surface area contributed by atoms with Crippen molar-refractivity contribution in [1.82, 2.24) is 0 Å². The second-order valence-electron chi connectivity index (χ2n) is 11.1. The van der Waals surface area contributed by atoms with Crippen LogP contribution in [0.4, 0.5) is 10.5 Å². The van der Waals surface area contributed by atoms with Gasteiger partial charge in [0.05, 0.1) is 30.0 Å². The number of ether oxygens (including phenoxy) is 1. The first-order valence-corrected chi connectivity index (χ1v) is 15.3. The maximum absolute atomic E-state index is 13.8. The molecule has 5 nitrogen and oxygen atoms in total. The largest absolute Gasteiger partial charge is 0.546 e. The van der Waals surface area contributed by atoms with Gasteiger partial charge in [-0.1, -0.05) is 53.7 Å². The lowest BCUT2D eigenvalue weighted by molar-refractivity contribution is 0.0814. The van der Waals surface area contributed by atoms with E-state index in [0.717, 1.165) is 25.0 Å². The number of rotatable bonds is 6. The summed E-state index contributed by atoms with van der Waals surface area (Å²) < 4.78 is 12.8. The van der Waals surface area contributed by atoms with Crippen LogP contribution in [0, 0.1) is 11.8 Å². The molecule has 1 heterocycles. The van der Waals surface area contributed by atoms with Crippen molar-refractivity contribution in [2.24, 2.45) is 11.8 Å². The fourth-order valence-corrected chi connectivity index (χ4v) is 12.6. The van der Waals surface area contributed by atoms with Gasteiger partial charge in [0, 0.05) is 12.0 Å². The Morgan fingerprint density at radius 1 is 1.09 bits per heavy atom. The van der Waals surface area contributed by atoms with E-state index in [1.54, 1.807) is 4.90 Å². The Morgan fingerprint density at radius 3 is 2.35 bits per heavy atom. The number of para-hydroxylation sites is 1. The summed E-state index contributed by atoms with van der Waals surface area (Å²) in [5.41, 5.74) is 4.06. The van der Waals surface area contributed by atoms with Crippen molar-refractivity contribution in [3.05, 3.63) is 41.2 Å². The van der Waals surface area contributed by atoms with E-state index in [0.29, 0.717) is 40.9 Å². The average molecular weight is 484 g/mol. The lowest BCUT2D eigenvalue weighted by Gasteiger charge is -2.49. The number of fused-ring (bicyclic) bond motifs is 4. The second kappa shape index (κ2) is 9.52. The van der Waals surface area contributed by atoms with Gasteiger partial charge in [-0.05, 0) is 66.4 Å². The number of anilines is 1. The number of allylic oxidation sites excluding steroid dienone is 1. The third-order valence-electron chi connectivity index (χ3n) is 8.54. The molecule has 1 aromatic rings. The number of hydrogen-bond acceptors (Lipinski definition) is 4. The van der Waals surface area contributed by atoms with E-state index in [1.807, 2.05) is 31.2 Å². The van der Waals surface area contributed by atoms with E-state index in [-0.39, 0.29) is 29.8 Å². The Labute approximate surface area is 206 Å². The smallest absolute Gasteiger partial charge is 0.414 e. The van der Waals surface area contributed by atoms with Crippen molar-refractivity contribution in [3.8, 4) is 0 Å². The first-order chi connectivity index (χ1) is 16.1. The minimum Gasteiger partial charge on any atom is -0.546 e. The lowest BCUT2D eigenvalue weighted by atomic mass is 9.69. The van der Waals surface area contributed by atoms with Crippen molar-refractivity contribution >= 4 is 25.9 Å². The molecule has 1 saturated carbocycles. The Kier molecular flexibility index (Phi) is 7.01. The summed E-state index contributed by atoms with van der Waals surface area (Å²) in [6, 6.07) is 7.26. The Morgan fingerprint density at radius 2 is 1.74 bits per heavy atom.